The van der Waals surface area contributed by atoms with Crippen LogP contribution in [0.2, 0.25) is 0 Å². The zero-order valence-electron chi connectivity index (χ0n) is 9.25. The van der Waals surface area contributed by atoms with Gasteiger partial charge < -0.3 is 5.32 Å². The second kappa shape index (κ2) is 4.75. The summed E-state index contributed by atoms with van der Waals surface area (Å²) < 4.78 is 0. The number of amides is 1. The van der Waals surface area contributed by atoms with Crippen molar-refractivity contribution in [2.45, 2.75) is 32.8 Å². The Bertz CT molecular complexity index is 185. The number of nitrogens with one attached hydrogen (secondary N) is 1. The lowest BCUT2D eigenvalue weighted by Crippen LogP contribution is -2.44. The van der Waals surface area contributed by atoms with Crippen LogP contribution >= 0.6 is 0 Å². The minimum absolute atomic E-state index is 0.293. The molecule has 1 saturated heterocycles. The van der Waals surface area contributed by atoms with Crippen LogP contribution in [0, 0.1) is 5.92 Å². The van der Waals surface area contributed by atoms with E-state index >= 15 is 0 Å². The molecule has 0 aromatic heterocycles. The van der Waals surface area contributed by atoms with E-state index in [0.29, 0.717) is 12.5 Å². The van der Waals surface area contributed by atoms with E-state index in [2.05, 4.69) is 5.32 Å². The molecule has 0 aromatic rings. The molecule has 0 atom stereocenters. The van der Waals surface area contributed by atoms with Gasteiger partial charge in [-0.15, -0.1) is 0 Å². The second-order valence-electron chi connectivity index (χ2n) is 4.76. The van der Waals surface area contributed by atoms with Crippen LogP contribution in [0.15, 0.2) is 0 Å². The van der Waals surface area contributed by atoms with Gasteiger partial charge in [0.2, 0.25) is 6.41 Å². The maximum atomic E-state index is 10.7. The fourth-order valence-electron chi connectivity index (χ4n) is 1.33. The zero-order valence-corrected chi connectivity index (χ0v) is 9.25. The lowest BCUT2D eigenvalue weighted by Gasteiger charge is -2.31. The highest BCUT2D eigenvalue weighted by Gasteiger charge is 2.20. The molecule has 14 heavy (non-hydrogen) atoms. The van der Waals surface area contributed by atoms with Crippen molar-refractivity contribution in [2.75, 3.05) is 19.6 Å². The number of hydrogen-bond donors (Lipinski definition) is 1. The van der Waals surface area contributed by atoms with Gasteiger partial charge in [0, 0.05) is 6.54 Å². The van der Waals surface area contributed by atoms with E-state index in [1.807, 2.05) is 20.8 Å². The molecule has 0 unspecified atom stereocenters. The van der Waals surface area contributed by atoms with Crippen molar-refractivity contribution >= 4 is 6.41 Å². The van der Waals surface area contributed by atoms with E-state index in [9.17, 15) is 4.79 Å². The third-order valence-electron chi connectivity index (χ3n) is 2.13. The van der Waals surface area contributed by atoms with Gasteiger partial charge in [-0.3, -0.25) is 9.63 Å². The van der Waals surface area contributed by atoms with Crippen molar-refractivity contribution in [1.82, 2.24) is 10.4 Å². The van der Waals surface area contributed by atoms with Gasteiger partial charge in [-0.1, -0.05) is 0 Å². The SMILES string of the molecule is CC(C)(C)ON(C=O)CCC1CNC1. The number of nitrogens with zero attached hydrogens (tertiary/aromatic N) is 1. The monoisotopic (exact) mass is 200 g/mol. The Kier molecular flexibility index (Phi) is 3.89. The van der Waals surface area contributed by atoms with Gasteiger partial charge in [0.1, 0.15) is 0 Å². The summed E-state index contributed by atoms with van der Waals surface area (Å²) in [7, 11) is 0. The van der Waals surface area contributed by atoms with Crippen LogP contribution in [-0.4, -0.2) is 36.7 Å². The van der Waals surface area contributed by atoms with E-state index < -0.39 is 0 Å². The lowest BCUT2D eigenvalue weighted by atomic mass is 10.00. The van der Waals surface area contributed by atoms with Crippen molar-refractivity contribution in [3.05, 3.63) is 0 Å². The van der Waals surface area contributed by atoms with E-state index in [1.54, 1.807) is 0 Å². The number of rotatable bonds is 5. The molecule has 4 heteroatoms. The first-order valence-electron chi connectivity index (χ1n) is 5.13. The Morgan fingerprint density at radius 3 is 2.50 bits per heavy atom. The molecule has 1 heterocycles. The third-order valence-corrected chi connectivity index (χ3v) is 2.13. The smallest absolute Gasteiger partial charge is 0.233 e. The zero-order chi connectivity index (χ0) is 10.6. The number of carbonyl (C=O) groups excluding carboxylic acids is 1. The van der Waals surface area contributed by atoms with E-state index in [1.165, 1.54) is 5.06 Å². The largest absolute Gasteiger partial charge is 0.316 e. The third kappa shape index (κ3) is 4.07. The summed E-state index contributed by atoms with van der Waals surface area (Å²) >= 11 is 0. The van der Waals surface area contributed by atoms with Crippen LogP contribution in [0.1, 0.15) is 27.2 Å². The molecule has 0 saturated carbocycles. The maximum Gasteiger partial charge on any atom is 0.233 e. The molecule has 4 nitrogen and oxygen atoms in total. The molecule has 1 N–H and O–H groups in total. The van der Waals surface area contributed by atoms with Gasteiger partial charge in [0.05, 0.1) is 5.60 Å². The molecule has 0 aliphatic carbocycles. The Balaban J connectivity index is 2.20. The highest BCUT2D eigenvalue weighted by atomic mass is 16.7. The van der Waals surface area contributed by atoms with Crippen molar-refractivity contribution < 1.29 is 9.63 Å². The molecule has 0 aromatic carbocycles. The molecular weight excluding hydrogens is 180 g/mol. The molecule has 0 spiro atoms. The topological polar surface area (TPSA) is 41.6 Å². The average molecular weight is 200 g/mol. The van der Waals surface area contributed by atoms with Crippen LogP contribution in [0.4, 0.5) is 0 Å². The molecule has 0 bridgehead atoms. The molecule has 1 aliphatic rings. The molecule has 1 fully saturated rings. The van der Waals surface area contributed by atoms with Gasteiger partial charge in [-0.2, -0.15) is 0 Å². The van der Waals surface area contributed by atoms with E-state index in [-0.39, 0.29) is 5.60 Å². The second-order valence-corrected chi connectivity index (χ2v) is 4.76. The van der Waals surface area contributed by atoms with Crippen LogP contribution in [0.3, 0.4) is 0 Å². The normalized spacial score (nSPS) is 17.6. The van der Waals surface area contributed by atoms with Crippen LogP contribution in [0.25, 0.3) is 0 Å². The van der Waals surface area contributed by atoms with Gasteiger partial charge in [-0.25, -0.2) is 5.06 Å². The van der Waals surface area contributed by atoms with Crippen molar-refractivity contribution in [1.29, 1.82) is 0 Å². The van der Waals surface area contributed by atoms with Crippen molar-refractivity contribution in [3.8, 4) is 0 Å². The highest BCUT2D eigenvalue weighted by molar-refractivity contribution is 5.44. The summed E-state index contributed by atoms with van der Waals surface area (Å²) in [5, 5.41) is 4.60. The predicted molar refractivity (Wildman–Crippen MR) is 54.6 cm³/mol. The van der Waals surface area contributed by atoms with Gasteiger partial charge in [0.25, 0.3) is 0 Å². The standard InChI is InChI=1S/C10H20N2O2/c1-10(2,3)14-12(8-13)5-4-9-6-11-7-9/h8-9,11H,4-7H2,1-3H3. The Morgan fingerprint density at radius 2 is 2.14 bits per heavy atom. The first kappa shape index (κ1) is 11.5. The minimum atomic E-state index is -0.293. The summed E-state index contributed by atoms with van der Waals surface area (Å²) in [5.41, 5.74) is -0.293. The average Bonchev–Trinajstić information content (AvgIpc) is 1.97. The number of hydroxylamine groups is 2. The van der Waals surface area contributed by atoms with Crippen LogP contribution < -0.4 is 5.32 Å². The molecular formula is C10H20N2O2. The van der Waals surface area contributed by atoms with Crippen molar-refractivity contribution in [2.24, 2.45) is 5.92 Å². The fraction of sp³-hybridized carbons (Fsp3) is 0.900. The molecule has 1 rings (SSSR count). The van der Waals surface area contributed by atoms with Gasteiger partial charge >= 0.3 is 0 Å². The molecule has 1 amide bonds. The molecule has 1 aliphatic heterocycles. The van der Waals surface area contributed by atoms with Crippen molar-refractivity contribution in [3.63, 3.8) is 0 Å². The van der Waals surface area contributed by atoms with Crippen LogP contribution in [-0.2, 0) is 9.63 Å². The highest BCUT2D eigenvalue weighted by Crippen LogP contribution is 2.12. The first-order chi connectivity index (χ1) is 6.51. The van der Waals surface area contributed by atoms with Gasteiger partial charge in [-0.05, 0) is 46.2 Å². The summed E-state index contributed by atoms with van der Waals surface area (Å²) in [6.07, 6.45) is 1.78. The quantitative estimate of drug-likeness (QED) is 0.527. The van der Waals surface area contributed by atoms with E-state index in [0.717, 1.165) is 25.9 Å². The number of carbonyl (C=O) groups is 1. The molecule has 0 radical (unpaired) electrons. The fourth-order valence-corrected chi connectivity index (χ4v) is 1.33. The van der Waals surface area contributed by atoms with Crippen LogP contribution in [0.5, 0.6) is 0 Å². The summed E-state index contributed by atoms with van der Waals surface area (Å²) in [6, 6.07) is 0. The predicted octanol–water partition coefficient (Wildman–Crippen LogP) is 0.784. The maximum absolute atomic E-state index is 10.7. The Labute approximate surface area is 85.6 Å². The molecule has 82 valence electrons. The summed E-state index contributed by atoms with van der Waals surface area (Å²) in [5.74, 6) is 0.709. The van der Waals surface area contributed by atoms with Gasteiger partial charge in [0.15, 0.2) is 0 Å². The Morgan fingerprint density at radius 1 is 1.50 bits per heavy atom. The summed E-state index contributed by atoms with van der Waals surface area (Å²) in [6.45, 7) is 8.65. The number of hydrogen-bond acceptors (Lipinski definition) is 3. The van der Waals surface area contributed by atoms with E-state index in [4.69, 9.17) is 4.84 Å². The lowest BCUT2D eigenvalue weighted by molar-refractivity contribution is -0.217. The Hall–Kier alpha value is -0.610. The first-order valence-corrected chi connectivity index (χ1v) is 5.13. The summed E-state index contributed by atoms with van der Waals surface area (Å²) in [4.78, 5) is 16.1. The minimum Gasteiger partial charge on any atom is -0.316 e.